The summed E-state index contributed by atoms with van der Waals surface area (Å²) in [5.74, 6) is 0.567. The highest BCUT2D eigenvalue weighted by Gasteiger charge is 2.13. The van der Waals surface area contributed by atoms with Gasteiger partial charge in [-0.15, -0.1) is 5.10 Å². The van der Waals surface area contributed by atoms with Crippen molar-refractivity contribution in [3.8, 4) is 5.75 Å². The number of carbonyl (C=O) groups is 1. The lowest BCUT2D eigenvalue weighted by molar-refractivity contribution is 0.0910. The first kappa shape index (κ1) is 12.3. The van der Waals surface area contributed by atoms with Gasteiger partial charge in [-0.25, -0.2) is 4.68 Å². The Morgan fingerprint density at radius 3 is 2.83 bits per heavy atom. The maximum atomic E-state index is 11.9. The minimum Gasteiger partial charge on any atom is -0.485 e. The molecule has 1 aromatic heterocycles. The number of ether oxygens (including phenoxy) is 1. The minimum absolute atomic E-state index is 0.00109. The van der Waals surface area contributed by atoms with Crippen LogP contribution in [0, 0.1) is 0 Å². The standard InChI is InChI=1S/C13H15N3O2/c1-2-8-16-12(9-14-15-16)13(17)10-18-11-6-4-3-5-7-11/h3-7,9H,2,8,10H2,1H3. The topological polar surface area (TPSA) is 57.0 Å². The molecule has 18 heavy (non-hydrogen) atoms. The van der Waals surface area contributed by atoms with E-state index in [0.717, 1.165) is 6.42 Å². The van der Waals surface area contributed by atoms with Gasteiger partial charge in [-0.1, -0.05) is 30.3 Å². The minimum atomic E-state index is -0.114. The molecule has 0 spiro atoms. The summed E-state index contributed by atoms with van der Waals surface area (Å²) in [5.41, 5.74) is 0.493. The van der Waals surface area contributed by atoms with E-state index in [1.807, 2.05) is 37.3 Å². The average Bonchev–Trinajstić information content (AvgIpc) is 2.86. The summed E-state index contributed by atoms with van der Waals surface area (Å²) in [4.78, 5) is 11.9. The van der Waals surface area contributed by atoms with Crippen molar-refractivity contribution >= 4 is 5.78 Å². The van der Waals surface area contributed by atoms with E-state index in [2.05, 4.69) is 10.3 Å². The van der Waals surface area contributed by atoms with E-state index in [1.54, 1.807) is 4.68 Å². The van der Waals surface area contributed by atoms with Crippen molar-refractivity contribution in [2.75, 3.05) is 6.61 Å². The molecule has 0 bridgehead atoms. The van der Waals surface area contributed by atoms with E-state index in [9.17, 15) is 4.79 Å². The summed E-state index contributed by atoms with van der Waals surface area (Å²) in [6.07, 6.45) is 2.38. The molecule has 0 saturated heterocycles. The number of hydrogen-bond donors (Lipinski definition) is 0. The number of para-hydroxylation sites is 1. The van der Waals surface area contributed by atoms with Gasteiger partial charge in [0.05, 0.1) is 6.20 Å². The van der Waals surface area contributed by atoms with Crippen LogP contribution in [0.2, 0.25) is 0 Å². The molecule has 0 fully saturated rings. The van der Waals surface area contributed by atoms with Gasteiger partial charge >= 0.3 is 0 Å². The zero-order valence-electron chi connectivity index (χ0n) is 10.2. The monoisotopic (exact) mass is 245 g/mol. The molecule has 1 heterocycles. The highest BCUT2D eigenvalue weighted by atomic mass is 16.5. The Kier molecular flexibility index (Phi) is 4.06. The third-order valence-electron chi connectivity index (χ3n) is 2.45. The van der Waals surface area contributed by atoms with Gasteiger partial charge in [-0.2, -0.15) is 0 Å². The smallest absolute Gasteiger partial charge is 0.219 e. The quantitative estimate of drug-likeness (QED) is 0.730. The molecule has 5 nitrogen and oxygen atoms in total. The van der Waals surface area contributed by atoms with Crippen LogP contribution < -0.4 is 4.74 Å². The fourth-order valence-electron chi connectivity index (χ4n) is 1.59. The number of rotatable bonds is 6. The van der Waals surface area contributed by atoms with Crippen LogP contribution in [0.5, 0.6) is 5.75 Å². The van der Waals surface area contributed by atoms with Crippen molar-refractivity contribution < 1.29 is 9.53 Å². The number of ketones is 1. The molecule has 0 aliphatic heterocycles. The van der Waals surface area contributed by atoms with Crippen LogP contribution in [0.4, 0.5) is 0 Å². The molecule has 2 aromatic rings. The molecular formula is C13H15N3O2. The van der Waals surface area contributed by atoms with E-state index in [-0.39, 0.29) is 12.4 Å². The van der Waals surface area contributed by atoms with Crippen molar-refractivity contribution in [1.82, 2.24) is 15.0 Å². The Morgan fingerprint density at radius 1 is 1.33 bits per heavy atom. The largest absolute Gasteiger partial charge is 0.485 e. The van der Waals surface area contributed by atoms with Crippen LogP contribution in [0.25, 0.3) is 0 Å². The zero-order chi connectivity index (χ0) is 12.8. The molecule has 0 radical (unpaired) electrons. The molecule has 2 rings (SSSR count). The van der Waals surface area contributed by atoms with Crippen molar-refractivity contribution in [3.05, 3.63) is 42.2 Å². The van der Waals surface area contributed by atoms with Gasteiger partial charge in [-0.3, -0.25) is 4.79 Å². The number of hydrogen-bond acceptors (Lipinski definition) is 4. The Bertz CT molecular complexity index is 508. The van der Waals surface area contributed by atoms with E-state index in [0.29, 0.717) is 18.0 Å². The fourth-order valence-corrected chi connectivity index (χ4v) is 1.59. The Labute approximate surface area is 105 Å². The van der Waals surface area contributed by atoms with E-state index >= 15 is 0 Å². The fraction of sp³-hybridized carbons (Fsp3) is 0.308. The molecule has 0 atom stereocenters. The van der Waals surface area contributed by atoms with Gasteiger partial charge in [0, 0.05) is 6.54 Å². The molecule has 0 aliphatic carbocycles. The zero-order valence-corrected chi connectivity index (χ0v) is 10.2. The second-order valence-electron chi connectivity index (χ2n) is 3.87. The number of aryl methyl sites for hydroxylation is 1. The lowest BCUT2D eigenvalue weighted by Gasteiger charge is -2.06. The second kappa shape index (κ2) is 5.95. The molecule has 0 unspecified atom stereocenters. The second-order valence-corrected chi connectivity index (χ2v) is 3.87. The number of benzene rings is 1. The van der Waals surface area contributed by atoms with E-state index < -0.39 is 0 Å². The maximum Gasteiger partial charge on any atom is 0.219 e. The number of nitrogens with zero attached hydrogens (tertiary/aromatic N) is 3. The number of aromatic nitrogens is 3. The highest BCUT2D eigenvalue weighted by Crippen LogP contribution is 2.09. The summed E-state index contributed by atoms with van der Waals surface area (Å²) in [6.45, 7) is 2.71. The van der Waals surface area contributed by atoms with Crippen LogP contribution >= 0.6 is 0 Å². The van der Waals surface area contributed by atoms with Gasteiger partial charge in [0.2, 0.25) is 5.78 Å². The first-order valence-corrected chi connectivity index (χ1v) is 5.90. The van der Waals surface area contributed by atoms with Crippen molar-refractivity contribution in [3.63, 3.8) is 0 Å². The van der Waals surface area contributed by atoms with Gasteiger partial charge in [0.1, 0.15) is 11.4 Å². The van der Waals surface area contributed by atoms with Gasteiger partial charge < -0.3 is 4.74 Å². The number of Topliss-reactive ketones (excluding diaryl/α,β-unsaturated/α-hetero) is 1. The molecule has 0 aliphatic rings. The van der Waals surface area contributed by atoms with Gasteiger partial charge in [-0.05, 0) is 18.6 Å². The molecular weight excluding hydrogens is 230 g/mol. The van der Waals surface area contributed by atoms with E-state index in [1.165, 1.54) is 6.20 Å². The number of carbonyl (C=O) groups excluding carboxylic acids is 1. The van der Waals surface area contributed by atoms with Crippen molar-refractivity contribution in [2.45, 2.75) is 19.9 Å². The molecule has 1 aromatic carbocycles. The predicted octanol–water partition coefficient (Wildman–Crippen LogP) is 1.95. The first-order valence-electron chi connectivity index (χ1n) is 5.90. The molecule has 0 saturated carbocycles. The highest BCUT2D eigenvalue weighted by molar-refractivity contribution is 5.95. The van der Waals surface area contributed by atoms with Gasteiger partial charge in [0.15, 0.2) is 6.61 Å². The summed E-state index contributed by atoms with van der Waals surface area (Å²) in [6, 6.07) is 9.25. The van der Waals surface area contributed by atoms with Crippen molar-refractivity contribution in [1.29, 1.82) is 0 Å². The summed E-state index contributed by atoms with van der Waals surface area (Å²) < 4.78 is 7.01. The molecule has 5 heteroatoms. The first-order chi connectivity index (χ1) is 8.81. The molecule has 0 N–H and O–H groups in total. The Hall–Kier alpha value is -2.17. The third-order valence-corrected chi connectivity index (χ3v) is 2.45. The molecule has 94 valence electrons. The third kappa shape index (κ3) is 2.94. The SMILES string of the molecule is CCCn1nncc1C(=O)COc1ccccc1. The van der Waals surface area contributed by atoms with Crippen molar-refractivity contribution in [2.24, 2.45) is 0 Å². The van der Waals surface area contributed by atoms with Crippen LogP contribution in [-0.2, 0) is 6.54 Å². The van der Waals surface area contributed by atoms with Crippen LogP contribution in [-0.4, -0.2) is 27.4 Å². The van der Waals surface area contributed by atoms with Crippen LogP contribution in [0.3, 0.4) is 0 Å². The predicted molar refractivity (Wildman–Crippen MR) is 66.6 cm³/mol. The normalized spacial score (nSPS) is 10.3. The maximum absolute atomic E-state index is 11.9. The van der Waals surface area contributed by atoms with Crippen LogP contribution in [0.1, 0.15) is 23.8 Å². The summed E-state index contributed by atoms with van der Waals surface area (Å²) >= 11 is 0. The van der Waals surface area contributed by atoms with E-state index in [4.69, 9.17) is 4.74 Å². The lowest BCUT2D eigenvalue weighted by Crippen LogP contribution is -2.17. The van der Waals surface area contributed by atoms with Crippen LogP contribution in [0.15, 0.2) is 36.5 Å². The lowest BCUT2D eigenvalue weighted by atomic mass is 10.3. The Morgan fingerprint density at radius 2 is 2.11 bits per heavy atom. The summed E-state index contributed by atoms with van der Waals surface area (Å²) in [5, 5.41) is 7.63. The summed E-state index contributed by atoms with van der Waals surface area (Å²) in [7, 11) is 0. The van der Waals surface area contributed by atoms with Gasteiger partial charge in [0.25, 0.3) is 0 Å². The average molecular weight is 245 g/mol. The Balaban J connectivity index is 1.97. The molecule has 0 amide bonds.